The van der Waals surface area contributed by atoms with Crippen molar-refractivity contribution in [1.82, 2.24) is 4.30 Å². The molecule has 1 atom stereocenters. The van der Waals surface area contributed by atoms with Crippen LogP contribution in [-0.4, -0.2) is 0 Å². The first-order valence-corrected chi connectivity index (χ1v) is 13.9. The van der Waals surface area contributed by atoms with Gasteiger partial charge in [0.1, 0.15) is 0 Å². The molecule has 0 heterocycles. The number of hydrogen-bond acceptors (Lipinski definition) is 1. The third-order valence-corrected chi connectivity index (χ3v) is 7.15. The summed E-state index contributed by atoms with van der Waals surface area (Å²) in [5.41, 5.74) is 9.00. The van der Waals surface area contributed by atoms with E-state index in [0.29, 0.717) is 0 Å². The molecule has 0 aromatic heterocycles. The van der Waals surface area contributed by atoms with Gasteiger partial charge in [-0.15, -0.1) is 0 Å². The Bertz CT molecular complexity index is 890. The van der Waals surface area contributed by atoms with Crippen molar-refractivity contribution in [2.75, 3.05) is 0 Å². The van der Waals surface area contributed by atoms with Gasteiger partial charge in [-0.25, -0.2) is 0 Å². The van der Waals surface area contributed by atoms with Crippen LogP contribution in [-0.2, 0) is 12.5 Å². The predicted molar refractivity (Wildman–Crippen MR) is 120 cm³/mol. The molecule has 1 aromatic rings. The molecule has 0 saturated heterocycles. The van der Waals surface area contributed by atoms with E-state index >= 15 is 0 Å². The van der Waals surface area contributed by atoms with Gasteiger partial charge in [0.05, 0.1) is 0 Å². The fraction of sp³-hybridized carbons (Fsp3) is 0.333. The van der Waals surface area contributed by atoms with Gasteiger partial charge < -0.3 is 0 Å². The molecular weight excluding hydrogens is 425 g/mol. The summed E-state index contributed by atoms with van der Waals surface area (Å²) in [5.74, 6) is 0. The molecule has 0 fully saturated rings. The Morgan fingerprint density at radius 1 is 1.18 bits per heavy atom. The summed E-state index contributed by atoms with van der Waals surface area (Å²) in [6, 6.07) is 10.8. The van der Waals surface area contributed by atoms with Crippen LogP contribution in [0, 0.1) is 5.41 Å². The van der Waals surface area contributed by atoms with Crippen molar-refractivity contribution in [3.05, 3.63) is 88.2 Å². The second kappa shape index (κ2) is 9.10. The van der Waals surface area contributed by atoms with E-state index in [1.807, 2.05) is 0 Å². The molecular formula is C24H28Cl2CrN. The molecule has 1 unspecified atom stereocenters. The average molecular weight is 453 g/mol. The monoisotopic (exact) mass is 452 g/mol. The van der Waals surface area contributed by atoms with E-state index in [0.717, 1.165) is 25.0 Å². The number of hydrogen-bond donors (Lipinski definition) is 1. The van der Waals surface area contributed by atoms with Crippen LogP contribution in [0.3, 0.4) is 0 Å². The van der Waals surface area contributed by atoms with Crippen LogP contribution in [0.5, 0.6) is 0 Å². The Morgan fingerprint density at radius 3 is 2.46 bits per heavy atom. The van der Waals surface area contributed by atoms with Gasteiger partial charge in [0.2, 0.25) is 0 Å². The van der Waals surface area contributed by atoms with Crippen LogP contribution in [0.1, 0.15) is 52.5 Å². The van der Waals surface area contributed by atoms with Crippen LogP contribution < -0.4 is 4.30 Å². The molecule has 1 aromatic carbocycles. The number of rotatable bonds is 6. The van der Waals surface area contributed by atoms with Crippen molar-refractivity contribution in [2.24, 2.45) is 5.41 Å². The van der Waals surface area contributed by atoms with Gasteiger partial charge in [-0.3, -0.25) is 0 Å². The fourth-order valence-corrected chi connectivity index (χ4v) is 5.73. The Morgan fingerprint density at radius 2 is 1.89 bits per heavy atom. The van der Waals surface area contributed by atoms with E-state index in [9.17, 15) is 0 Å². The summed E-state index contributed by atoms with van der Waals surface area (Å²) in [6.07, 6.45) is 12.2. The topological polar surface area (TPSA) is 12.0 Å². The van der Waals surface area contributed by atoms with Crippen LogP contribution >= 0.6 is 20.1 Å². The van der Waals surface area contributed by atoms with Crippen molar-refractivity contribution in [3.8, 4) is 0 Å². The van der Waals surface area contributed by atoms with Crippen molar-refractivity contribution in [1.29, 1.82) is 0 Å². The summed E-state index contributed by atoms with van der Waals surface area (Å²) in [7, 11) is 12.4. The Balaban J connectivity index is 2.28. The van der Waals surface area contributed by atoms with E-state index in [2.05, 4.69) is 86.6 Å². The van der Waals surface area contributed by atoms with E-state index in [1.54, 1.807) is 0 Å². The minimum atomic E-state index is -1.85. The maximum atomic E-state index is 6.22. The van der Waals surface area contributed by atoms with Gasteiger partial charge >= 0.3 is 183 Å². The van der Waals surface area contributed by atoms with Gasteiger partial charge in [-0.1, -0.05) is 0 Å². The molecule has 1 nitrogen and oxygen atoms in total. The standard InChI is InChI=1S/C24H28N.2ClH.Cr/c1-5-11-21(19-12-7-6-8-13-19)22-16-17(2)23(25)18(3)24(22,4)20-14-9-10-15-20;;;/h6-10,12-14,16,25H,5,11,15H2,1-4H3;2*1H;/q-1;;;+3/p-2. The van der Waals surface area contributed by atoms with Crippen molar-refractivity contribution in [3.63, 3.8) is 0 Å². The molecule has 0 aliphatic heterocycles. The summed E-state index contributed by atoms with van der Waals surface area (Å²) in [6.45, 7) is 9.00. The minimum absolute atomic E-state index is 0.180. The zero-order chi connectivity index (χ0) is 20.3. The molecule has 0 bridgehead atoms. The van der Waals surface area contributed by atoms with Gasteiger partial charge in [0.25, 0.3) is 0 Å². The maximum absolute atomic E-state index is 6.22. The van der Waals surface area contributed by atoms with E-state index in [4.69, 9.17) is 20.1 Å². The SMILES string of the molecule is CCCC(=C1C=C(C)C([NH][Cr]([Cl])[Cl])=C(C)C1(C)C1=CC=CC1)c1ccccc1. The summed E-state index contributed by atoms with van der Waals surface area (Å²) >= 11 is -1.85. The third-order valence-electron chi connectivity index (χ3n) is 5.96. The zero-order valence-corrected chi connectivity index (χ0v) is 19.8. The first kappa shape index (κ1) is 21.5. The quantitative estimate of drug-likeness (QED) is 0.464. The first-order chi connectivity index (χ1) is 13.4. The summed E-state index contributed by atoms with van der Waals surface area (Å²) in [5, 5.41) is 0. The van der Waals surface area contributed by atoms with Gasteiger partial charge in [0.15, 0.2) is 0 Å². The van der Waals surface area contributed by atoms with Crippen molar-refractivity contribution in [2.45, 2.75) is 47.0 Å². The molecule has 28 heavy (non-hydrogen) atoms. The zero-order valence-electron chi connectivity index (χ0n) is 17.0. The Labute approximate surface area is 182 Å². The van der Waals surface area contributed by atoms with Crippen LogP contribution in [0.15, 0.2) is 82.6 Å². The van der Waals surface area contributed by atoms with Crippen LogP contribution in [0.25, 0.3) is 5.57 Å². The molecule has 2 aliphatic rings. The van der Waals surface area contributed by atoms with Crippen molar-refractivity contribution < 1.29 is 12.5 Å². The normalized spacial score (nSPS) is 23.8. The Kier molecular flexibility index (Phi) is 7.00. The van der Waals surface area contributed by atoms with E-state index in [-0.39, 0.29) is 5.41 Å². The van der Waals surface area contributed by atoms with E-state index < -0.39 is 12.5 Å². The van der Waals surface area contributed by atoms with Gasteiger partial charge in [-0.05, 0) is 0 Å². The fourth-order valence-electron chi connectivity index (χ4n) is 4.36. The predicted octanol–water partition coefficient (Wildman–Crippen LogP) is 7.80. The molecule has 0 spiro atoms. The number of allylic oxidation sites excluding steroid dienone is 9. The number of nitrogens with one attached hydrogen (secondary N) is 1. The molecule has 4 heteroatoms. The van der Waals surface area contributed by atoms with E-state index in [1.165, 1.54) is 33.4 Å². The molecule has 149 valence electrons. The van der Waals surface area contributed by atoms with Gasteiger partial charge in [0, 0.05) is 0 Å². The van der Waals surface area contributed by atoms with Gasteiger partial charge in [-0.2, -0.15) is 0 Å². The molecule has 3 rings (SSSR count). The van der Waals surface area contributed by atoms with Crippen LogP contribution in [0.2, 0.25) is 0 Å². The molecule has 0 radical (unpaired) electrons. The Hall–Kier alpha value is -1.17. The third kappa shape index (κ3) is 4.07. The second-order valence-electron chi connectivity index (χ2n) is 7.60. The molecule has 0 saturated carbocycles. The average Bonchev–Trinajstić information content (AvgIpc) is 3.22. The first-order valence-electron chi connectivity index (χ1n) is 9.78. The molecule has 2 aliphatic carbocycles. The second-order valence-corrected chi connectivity index (χ2v) is 11.8. The molecule has 1 N–H and O–H groups in total. The van der Waals surface area contributed by atoms with Crippen molar-refractivity contribution >= 4 is 25.7 Å². The molecule has 0 amide bonds. The number of halogens is 2. The van der Waals surface area contributed by atoms with Crippen LogP contribution in [0.4, 0.5) is 0 Å². The number of benzene rings is 1. The summed E-state index contributed by atoms with van der Waals surface area (Å²) in [4.78, 5) is 0. The summed E-state index contributed by atoms with van der Waals surface area (Å²) < 4.78 is 3.39.